The van der Waals surface area contributed by atoms with Crippen LogP contribution >= 0.6 is 23.4 Å². The summed E-state index contributed by atoms with van der Waals surface area (Å²) >= 11 is 7.76. The maximum absolute atomic E-state index is 5.89. The van der Waals surface area contributed by atoms with Gasteiger partial charge in [0.2, 0.25) is 0 Å². The summed E-state index contributed by atoms with van der Waals surface area (Å²) < 4.78 is 2.35. The molecule has 0 fully saturated rings. The number of benzene rings is 1. The maximum Gasteiger partial charge on any atom is 0.111 e. The van der Waals surface area contributed by atoms with Crippen LogP contribution in [0, 0.1) is 6.92 Å². The Morgan fingerprint density at radius 1 is 1.44 bits per heavy atom. The van der Waals surface area contributed by atoms with Crippen LogP contribution in [0.15, 0.2) is 18.2 Å². The average Bonchev–Trinajstić information content (AvgIpc) is 2.67. The lowest BCUT2D eigenvalue weighted by Gasteiger charge is -2.16. The highest BCUT2D eigenvalue weighted by Crippen LogP contribution is 2.24. The average molecular weight is 283 g/mol. The second-order valence-corrected chi connectivity index (χ2v) is 5.92. The number of fused-ring (bicyclic) bond motifs is 1. The monoisotopic (exact) mass is 282 g/mol. The van der Waals surface area contributed by atoms with Crippen LogP contribution in [0.4, 0.5) is 0 Å². The fourth-order valence-corrected chi connectivity index (χ4v) is 3.12. The number of thioether (sulfide) groups is 1. The van der Waals surface area contributed by atoms with E-state index in [0.29, 0.717) is 11.9 Å². The Balaban J connectivity index is 2.56. The fraction of sp³-hybridized carbons (Fsp3) is 0.500. The van der Waals surface area contributed by atoms with Crippen LogP contribution in [0.25, 0.3) is 11.0 Å². The quantitative estimate of drug-likeness (QED) is 0.770. The molecule has 1 aromatic carbocycles. The van der Waals surface area contributed by atoms with Crippen molar-refractivity contribution in [1.82, 2.24) is 9.55 Å². The molecule has 2 rings (SSSR count). The van der Waals surface area contributed by atoms with Gasteiger partial charge >= 0.3 is 0 Å². The Morgan fingerprint density at radius 2 is 2.22 bits per heavy atom. The van der Waals surface area contributed by atoms with E-state index in [-0.39, 0.29) is 0 Å². The summed E-state index contributed by atoms with van der Waals surface area (Å²) in [7, 11) is 0. The summed E-state index contributed by atoms with van der Waals surface area (Å²) in [6.45, 7) is 4.37. The number of hydrogen-bond donors (Lipinski definition) is 0. The van der Waals surface area contributed by atoms with E-state index in [1.807, 2.05) is 11.8 Å². The SMILES string of the molecule is CSCC(C)n1c(CCCl)nc2ccc(C)cc21. The van der Waals surface area contributed by atoms with Gasteiger partial charge in [-0.1, -0.05) is 6.07 Å². The first-order valence-corrected chi connectivity index (χ1v) is 8.12. The topological polar surface area (TPSA) is 17.8 Å². The summed E-state index contributed by atoms with van der Waals surface area (Å²) in [5.74, 6) is 2.82. The van der Waals surface area contributed by atoms with E-state index in [2.05, 4.69) is 42.9 Å². The molecule has 0 saturated carbocycles. The Hall–Kier alpha value is -0.670. The van der Waals surface area contributed by atoms with Crippen molar-refractivity contribution in [1.29, 1.82) is 0 Å². The number of hydrogen-bond acceptors (Lipinski definition) is 2. The number of alkyl halides is 1. The van der Waals surface area contributed by atoms with Crippen LogP contribution in [-0.2, 0) is 6.42 Å². The van der Waals surface area contributed by atoms with Crippen LogP contribution in [0.3, 0.4) is 0 Å². The molecule has 0 radical (unpaired) electrons. The molecule has 2 aromatic rings. The first kappa shape index (κ1) is 13.8. The molecule has 1 atom stereocenters. The van der Waals surface area contributed by atoms with Crippen LogP contribution < -0.4 is 0 Å². The number of nitrogens with zero attached hydrogens (tertiary/aromatic N) is 2. The smallest absolute Gasteiger partial charge is 0.111 e. The molecule has 0 saturated heterocycles. The highest BCUT2D eigenvalue weighted by Gasteiger charge is 2.15. The van der Waals surface area contributed by atoms with Gasteiger partial charge in [-0.3, -0.25) is 0 Å². The van der Waals surface area contributed by atoms with Crippen LogP contribution in [-0.4, -0.2) is 27.4 Å². The van der Waals surface area contributed by atoms with E-state index in [1.54, 1.807) is 0 Å². The minimum atomic E-state index is 0.449. The number of imidazole rings is 1. The molecular weight excluding hydrogens is 264 g/mol. The largest absolute Gasteiger partial charge is 0.324 e. The van der Waals surface area contributed by atoms with Crippen LogP contribution in [0.2, 0.25) is 0 Å². The molecule has 1 heterocycles. The van der Waals surface area contributed by atoms with Crippen molar-refractivity contribution in [2.75, 3.05) is 17.9 Å². The van der Waals surface area contributed by atoms with Gasteiger partial charge in [-0.2, -0.15) is 11.8 Å². The molecular formula is C14H19ClN2S. The van der Waals surface area contributed by atoms with Gasteiger partial charge in [-0.05, 0) is 37.8 Å². The van der Waals surface area contributed by atoms with E-state index >= 15 is 0 Å². The molecule has 0 spiro atoms. The maximum atomic E-state index is 5.89. The molecule has 2 nitrogen and oxygen atoms in total. The predicted molar refractivity (Wildman–Crippen MR) is 82.0 cm³/mol. The van der Waals surface area contributed by atoms with Crippen molar-refractivity contribution in [3.8, 4) is 0 Å². The zero-order chi connectivity index (χ0) is 13.1. The number of rotatable bonds is 5. The van der Waals surface area contributed by atoms with Gasteiger partial charge in [0.05, 0.1) is 11.0 Å². The van der Waals surface area contributed by atoms with E-state index in [4.69, 9.17) is 16.6 Å². The minimum absolute atomic E-state index is 0.449. The molecule has 4 heteroatoms. The highest BCUT2D eigenvalue weighted by atomic mass is 35.5. The van der Waals surface area contributed by atoms with Gasteiger partial charge in [-0.15, -0.1) is 11.6 Å². The first-order valence-electron chi connectivity index (χ1n) is 6.19. The third kappa shape index (κ3) is 2.67. The molecule has 0 aliphatic carbocycles. The second kappa shape index (κ2) is 5.98. The van der Waals surface area contributed by atoms with Gasteiger partial charge < -0.3 is 4.57 Å². The van der Waals surface area contributed by atoms with Crippen molar-refractivity contribution in [2.24, 2.45) is 0 Å². The molecule has 1 unspecified atom stereocenters. The Kier molecular flexibility index (Phi) is 4.57. The van der Waals surface area contributed by atoms with Gasteiger partial charge in [-0.25, -0.2) is 4.98 Å². The predicted octanol–water partition coefficient (Wildman–Crippen LogP) is 4.05. The lowest BCUT2D eigenvalue weighted by Crippen LogP contribution is -2.12. The third-order valence-electron chi connectivity index (χ3n) is 3.08. The third-order valence-corrected chi connectivity index (χ3v) is 4.09. The van der Waals surface area contributed by atoms with Crippen molar-refractivity contribution < 1.29 is 0 Å². The van der Waals surface area contributed by atoms with Gasteiger partial charge in [0.1, 0.15) is 5.82 Å². The van der Waals surface area contributed by atoms with Crippen molar-refractivity contribution in [3.05, 3.63) is 29.6 Å². The van der Waals surface area contributed by atoms with Crippen molar-refractivity contribution >= 4 is 34.4 Å². The Morgan fingerprint density at radius 3 is 2.89 bits per heavy atom. The molecule has 0 aliphatic rings. The van der Waals surface area contributed by atoms with E-state index in [9.17, 15) is 0 Å². The summed E-state index contributed by atoms with van der Waals surface area (Å²) in [5.41, 5.74) is 3.59. The summed E-state index contributed by atoms with van der Waals surface area (Å²) in [6, 6.07) is 6.88. The standard InChI is InChI=1S/C14H19ClN2S/c1-10-4-5-12-13(8-10)17(11(2)9-18-3)14(16-12)6-7-15/h4-5,8,11H,6-7,9H2,1-3H3. The van der Waals surface area contributed by atoms with E-state index in [0.717, 1.165) is 23.5 Å². The molecule has 1 aromatic heterocycles. The fourth-order valence-electron chi connectivity index (χ4n) is 2.32. The molecule has 98 valence electrons. The van der Waals surface area contributed by atoms with Crippen molar-refractivity contribution in [3.63, 3.8) is 0 Å². The lowest BCUT2D eigenvalue weighted by atomic mass is 10.2. The van der Waals surface area contributed by atoms with Gasteiger partial charge in [0.15, 0.2) is 0 Å². The highest BCUT2D eigenvalue weighted by molar-refractivity contribution is 7.98. The van der Waals surface area contributed by atoms with E-state index < -0.39 is 0 Å². The second-order valence-electron chi connectivity index (χ2n) is 4.63. The zero-order valence-electron chi connectivity index (χ0n) is 11.1. The van der Waals surface area contributed by atoms with Gasteiger partial charge in [0, 0.05) is 24.1 Å². The van der Waals surface area contributed by atoms with Gasteiger partial charge in [0.25, 0.3) is 0 Å². The molecule has 0 aliphatic heterocycles. The number of aromatic nitrogens is 2. The Labute approximate surface area is 118 Å². The van der Waals surface area contributed by atoms with E-state index in [1.165, 1.54) is 11.1 Å². The zero-order valence-corrected chi connectivity index (χ0v) is 12.7. The lowest BCUT2D eigenvalue weighted by molar-refractivity contribution is 0.597. The summed E-state index contributed by atoms with van der Waals surface area (Å²) in [5, 5.41) is 0. The molecule has 0 bridgehead atoms. The summed E-state index contributed by atoms with van der Waals surface area (Å²) in [6.07, 6.45) is 2.97. The number of aryl methyl sites for hydroxylation is 2. The first-order chi connectivity index (χ1) is 8.67. The summed E-state index contributed by atoms with van der Waals surface area (Å²) in [4.78, 5) is 4.72. The van der Waals surface area contributed by atoms with Crippen molar-refractivity contribution in [2.45, 2.75) is 26.3 Å². The molecule has 18 heavy (non-hydrogen) atoms. The minimum Gasteiger partial charge on any atom is -0.324 e. The normalized spacial score (nSPS) is 13.1. The van der Waals surface area contributed by atoms with Crippen LogP contribution in [0.1, 0.15) is 24.4 Å². The Bertz CT molecular complexity index is 536. The molecule has 0 N–H and O–H groups in total. The number of halogens is 1. The van der Waals surface area contributed by atoms with Crippen LogP contribution in [0.5, 0.6) is 0 Å². The molecule has 0 amide bonds.